The van der Waals surface area contributed by atoms with Gasteiger partial charge in [-0.15, -0.1) is 0 Å². The molecule has 2 aliphatic rings. The first-order valence-corrected chi connectivity index (χ1v) is 11.2. The van der Waals surface area contributed by atoms with E-state index in [4.69, 9.17) is 0 Å². The Morgan fingerprint density at radius 3 is 1.14 bits per heavy atom. The monoisotopic (exact) mass is 300 g/mol. The van der Waals surface area contributed by atoms with Crippen LogP contribution in [0, 0.1) is 0 Å². The van der Waals surface area contributed by atoms with Gasteiger partial charge in [0.15, 0.2) is 0 Å². The molecule has 0 N–H and O–H groups in total. The van der Waals surface area contributed by atoms with Crippen molar-refractivity contribution in [1.82, 2.24) is 0 Å². The quantitative estimate of drug-likeness (QED) is 0.491. The smallest absolute Gasteiger partial charge is 0.0741 e. The molecule has 2 aliphatic carbocycles. The molecule has 0 saturated carbocycles. The topological polar surface area (TPSA) is 0 Å². The van der Waals surface area contributed by atoms with Crippen molar-refractivity contribution in [2.45, 2.75) is 78.6 Å². The second-order valence-electron chi connectivity index (χ2n) is 8.18. The van der Waals surface area contributed by atoms with Crippen molar-refractivity contribution in [2.24, 2.45) is 0 Å². The third-order valence-corrected chi connectivity index (χ3v) is 13.7. The Morgan fingerprint density at radius 1 is 0.667 bits per heavy atom. The summed E-state index contributed by atoms with van der Waals surface area (Å²) in [6.45, 7) is 24.0. The van der Waals surface area contributed by atoms with Crippen LogP contribution in [-0.2, 0) is 0 Å². The summed E-state index contributed by atoms with van der Waals surface area (Å²) in [6.07, 6.45) is 5.14. The molecule has 2 atom stereocenters. The second kappa shape index (κ2) is 4.58. The number of hydrogen-bond donors (Lipinski definition) is 0. The molecule has 0 heterocycles. The van der Waals surface area contributed by atoms with Crippen molar-refractivity contribution >= 4 is 8.07 Å². The Bertz CT molecular complexity index is 570. The molecule has 0 aromatic carbocycles. The van der Waals surface area contributed by atoms with Crippen molar-refractivity contribution < 1.29 is 0 Å². The molecule has 0 nitrogen and oxygen atoms in total. The van der Waals surface area contributed by atoms with Crippen LogP contribution in [0.25, 0.3) is 0 Å². The number of hydrogen-bond acceptors (Lipinski definition) is 0. The lowest BCUT2D eigenvalue weighted by Crippen LogP contribution is -2.49. The van der Waals surface area contributed by atoms with Gasteiger partial charge in [-0.3, -0.25) is 0 Å². The van der Waals surface area contributed by atoms with Gasteiger partial charge in [0.2, 0.25) is 0 Å². The molecule has 0 aromatic heterocycles. The van der Waals surface area contributed by atoms with Crippen LogP contribution < -0.4 is 0 Å². The molecular weight excluding hydrogens is 268 g/mol. The molecule has 2 unspecified atom stereocenters. The summed E-state index contributed by atoms with van der Waals surface area (Å²) < 4.78 is 0. The lowest BCUT2D eigenvalue weighted by atomic mass is 10.0. The first-order valence-electron chi connectivity index (χ1n) is 8.15. The van der Waals surface area contributed by atoms with Crippen molar-refractivity contribution in [3.05, 3.63) is 45.6 Å². The predicted octanol–water partition coefficient (Wildman–Crippen LogP) is 6.81. The van der Waals surface area contributed by atoms with Crippen molar-refractivity contribution in [3.8, 4) is 0 Å². The van der Waals surface area contributed by atoms with Gasteiger partial charge in [-0.2, -0.15) is 0 Å². The van der Waals surface area contributed by atoms with Crippen LogP contribution in [0.3, 0.4) is 0 Å². The Balaban J connectivity index is 2.66. The molecule has 0 saturated heterocycles. The van der Waals surface area contributed by atoms with E-state index < -0.39 is 8.07 Å². The summed E-state index contributed by atoms with van der Waals surface area (Å²) in [6, 6.07) is 0. The number of rotatable bonds is 2. The van der Waals surface area contributed by atoms with E-state index in [0.29, 0.717) is 0 Å². The Kier molecular flexibility index (Phi) is 3.61. The van der Waals surface area contributed by atoms with Gasteiger partial charge < -0.3 is 0 Å². The molecule has 0 spiro atoms. The summed E-state index contributed by atoms with van der Waals surface area (Å²) in [7, 11) is -1.65. The zero-order chi connectivity index (χ0) is 16.4. The summed E-state index contributed by atoms with van der Waals surface area (Å²) in [4.78, 5) is 0. The molecular formula is C20H32Si. The first-order chi connectivity index (χ1) is 9.40. The van der Waals surface area contributed by atoms with Crippen LogP contribution >= 0.6 is 0 Å². The van der Waals surface area contributed by atoms with E-state index >= 15 is 0 Å². The Hall–Kier alpha value is -0.823. The van der Waals surface area contributed by atoms with Crippen molar-refractivity contribution in [1.29, 1.82) is 0 Å². The second-order valence-corrected chi connectivity index (χ2v) is 13.5. The van der Waals surface area contributed by atoms with E-state index in [2.05, 4.69) is 80.6 Å². The highest BCUT2D eigenvalue weighted by molar-refractivity contribution is 6.85. The van der Waals surface area contributed by atoms with Gasteiger partial charge in [0.1, 0.15) is 0 Å². The van der Waals surface area contributed by atoms with Gasteiger partial charge in [0, 0.05) is 10.1 Å². The molecule has 116 valence electrons. The molecule has 0 aliphatic heterocycles. The average Bonchev–Trinajstić information content (AvgIpc) is 2.72. The molecule has 0 fully saturated rings. The Morgan fingerprint density at radius 2 is 0.952 bits per heavy atom. The maximum absolute atomic E-state index is 2.59. The standard InChI is InChI=1S/C20H32Si/c1-13-11-19(7,17(5)15(13)3)21(9,10)20(8)12-14(2)16(4)18(20)6/h11-12H,1-10H3. The van der Waals surface area contributed by atoms with Crippen LogP contribution in [0.1, 0.15) is 55.4 Å². The fraction of sp³-hybridized carbons (Fsp3) is 0.600. The van der Waals surface area contributed by atoms with Gasteiger partial charge >= 0.3 is 0 Å². The fourth-order valence-electron chi connectivity index (χ4n) is 4.51. The highest BCUT2D eigenvalue weighted by Gasteiger charge is 2.56. The van der Waals surface area contributed by atoms with Gasteiger partial charge in [-0.1, -0.05) is 61.4 Å². The normalized spacial score (nSPS) is 33.8. The molecule has 0 aromatic rings. The predicted molar refractivity (Wildman–Crippen MR) is 98.5 cm³/mol. The van der Waals surface area contributed by atoms with Gasteiger partial charge in [-0.05, 0) is 52.7 Å². The molecule has 0 amide bonds. The third-order valence-electron chi connectivity index (χ3n) is 7.47. The van der Waals surface area contributed by atoms with Crippen LogP contribution in [0.4, 0.5) is 0 Å². The minimum absolute atomic E-state index is 0.249. The largest absolute Gasteiger partial charge is 0.0775 e. The molecule has 0 bridgehead atoms. The van der Waals surface area contributed by atoms with Crippen LogP contribution in [-0.4, -0.2) is 8.07 Å². The van der Waals surface area contributed by atoms with E-state index in [1.807, 2.05) is 0 Å². The van der Waals surface area contributed by atoms with Crippen molar-refractivity contribution in [2.75, 3.05) is 0 Å². The SMILES string of the molecule is CC1=CC(C)([Si](C)(C)C2(C)C=C(C)C(C)=C2C)C(C)=C1C. The van der Waals surface area contributed by atoms with Gasteiger partial charge in [0.05, 0.1) is 8.07 Å². The van der Waals surface area contributed by atoms with E-state index in [9.17, 15) is 0 Å². The highest BCUT2D eigenvalue weighted by Crippen LogP contribution is 2.65. The average molecular weight is 301 g/mol. The van der Waals surface area contributed by atoms with Gasteiger partial charge in [0.25, 0.3) is 0 Å². The van der Waals surface area contributed by atoms with Gasteiger partial charge in [-0.25, -0.2) is 0 Å². The minimum Gasteiger partial charge on any atom is -0.0741 e. The maximum Gasteiger partial charge on any atom is 0.0775 e. The molecule has 21 heavy (non-hydrogen) atoms. The highest BCUT2D eigenvalue weighted by atomic mass is 28.3. The molecule has 0 radical (unpaired) electrons. The summed E-state index contributed by atoms with van der Waals surface area (Å²) in [5.74, 6) is 0. The summed E-state index contributed by atoms with van der Waals surface area (Å²) >= 11 is 0. The van der Waals surface area contributed by atoms with Crippen LogP contribution in [0.2, 0.25) is 23.2 Å². The fourth-order valence-corrected chi connectivity index (χ4v) is 8.99. The lowest BCUT2D eigenvalue weighted by molar-refractivity contribution is 0.748. The maximum atomic E-state index is 2.59. The first kappa shape index (κ1) is 16.5. The van der Waals surface area contributed by atoms with E-state index in [1.54, 1.807) is 11.1 Å². The summed E-state index contributed by atoms with van der Waals surface area (Å²) in [5.41, 5.74) is 9.19. The summed E-state index contributed by atoms with van der Waals surface area (Å²) in [5, 5.41) is 0.497. The lowest BCUT2D eigenvalue weighted by Gasteiger charge is -2.51. The van der Waals surface area contributed by atoms with Crippen LogP contribution in [0.15, 0.2) is 45.6 Å². The number of allylic oxidation sites excluding steroid dienone is 8. The van der Waals surface area contributed by atoms with E-state index in [-0.39, 0.29) is 10.1 Å². The zero-order valence-corrected chi connectivity index (χ0v) is 16.7. The molecule has 2 rings (SSSR count). The van der Waals surface area contributed by atoms with Crippen LogP contribution in [0.5, 0.6) is 0 Å². The van der Waals surface area contributed by atoms with E-state index in [0.717, 1.165) is 0 Å². The zero-order valence-electron chi connectivity index (χ0n) is 15.7. The van der Waals surface area contributed by atoms with E-state index in [1.165, 1.54) is 22.3 Å². The minimum atomic E-state index is -1.65. The third kappa shape index (κ3) is 1.86. The molecule has 1 heteroatoms. The Labute approximate surface area is 132 Å². The van der Waals surface area contributed by atoms with Crippen molar-refractivity contribution in [3.63, 3.8) is 0 Å².